The summed E-state index contributed by atoms with van der Waals surface area (Å²) in [5.41, 5.74) is 3.16. The van der Waals surface area contributed by atoms with Crippen LogP contribution in [0.4, 0.5) is 4.79 Å². The largest absolute Gasteiger partial charge is 0.342 e. The second-order valence-corrected chi connectivity index (χ2v) is 8.65. The zero-order valence-electron chi connectivity index (χ0n) is 17.7. The Morgan fingerprint density at radius 3 is 2.70 bits per heavy atom. The molecule has 9 nitrogen and oxygen atoms in total. The number of H-pyrrole nitrogens is 1. The fourth-order valence-corrected chi connectivity index (χ4v) is 4.69. The third kappa shape index (κ3) is 3.40. The lowest BCUT2D eigenvalue weighted by Gasteiger charge is -2.38. The summed E-state index contributed by atoms with van der Waals surface area (Å²) in [5.74, 6) is 1.09. The number of urea groups is 1. The van der Waals surface area contributed by atoms with Gasteiger partial charge < -0.3 is 9.88 Å². The number of hydrogen-bond donors (Lipinski definition) is 2. The van der Waals surface area contributed by atoms with Gasteiger partial charge in [0.1, 0.15) is 11.7 Å². The van der Waals surface area contributed by atoms with Crippen LogP contribution in [-0.4, -0.2) is 55.8 Å². The normalized spacial score (nSPS) is 22.2. The molecular weight excluding hydrogens is 418 g/mol. The summed E-state index contributed by atoms with van der Waals surface area (Å²) in [5, 5.41) is 11.7. The number of nitrogens with zero attached hydrogens (tertiary/aromatic N) is 5. The fraction of sp³-hybridized carbons (Fsp3) is 0.292. The molecule has 1 aromatic heterocycles. The number of aromatic amines is 1. The zero-order chi connectivity index (χ0) is 22.5. The van der Waals surface area contributed by atoms with Crippen LogP contribution in [0.1, 0.15) is 29.8 Å². The van der Waals surface area contributed by atoms with E-state index in [1.54, 1.807) is 17.0 Å². The Kier molecular flexibility index (Phi) is 4.40. The minimum atomic E-state index is -0.576. The van der Waals surface area contributed by atoms with Gasteiger partial charge in [-0.05, 0) is 36.6 Å². The second kappa shape index (κ2) is 7.45. The van der Waals surface area contributed by atoms with Gasteiger partial charge in [0.2, 0.25) is 0 Å². The maximum Gasteiger partial charge on any atom is 0.326 e. The summed E-state index contributed by atoms with van der Waals surface area (Å²) < 4.78 is 0. The average molecular weight is 439 g/mol. The van der Waals surface area contributed by atoms with Gasteiger partial charge >= 0.3 is 6.03 Å². The van der Waals surface area contributed by atoms with Gasteiger partial charge in [0.15, 0.2) is 12.2 Å². The van der Waals surface area contributed by atoms with Crippen molar-refractivity contribution >= 4 is 28.8 Å². The molecule has 3 aliphatic rings. The van der Waals surface area contributed by atoms with Gasteiger partial charge in [0.05, 0.1) is 29.1 Å². The molecule has 2 fully saturated rings. The minimum absolute atomic E-state index is 0.128. The number of carbonyl (C=O) groups excluding carboxylic acids is 2. The SMILES string of the molecule is N#Cc1ccc2nc(CC3=NC4C(C(=O)NC(=O)N4C4CC4)N3Cc3ccccc3)[nH]c2c1. The van der Waals surface area contributed by atoms with Crippen molar-refractivity contribution in [3.63, 3.8) is 0 Å². The lowest BCUT2D eigenvalue weighted by atomic mass is 10.1. The summed E-state index contributed by atoms with van der Waals surface area (Å²) in [7, 11) is 0. The maximum atomic E-state index is 13.0. The van der Waals surface area contributed by atoms with Crippen molar-refractivity contribution in [2.75, 3.05) is 0 Å². The number of benzene rings is 2. The van der Waals surface area contributed by atoms with Crippen molar-refractivity contribution in [1.29, 1.82) is 5.26 Å². The highest BCUT2D eigenvalue weighted by atomic mass is 16.2. The Balaban J connectivity index is 1.37. The quantitative estimate of drug-likeness (QED) is 0.633. The lowest BCUT2D eigenvalue weighted by Crippen LogP contribution is -2.65. The van der Waals surface area contributed by atoms with Crippen LogP contribution in [0, 0.1) is 11.3 Å². The fourth-order valence-electron chi connectivity index (χ4n) is 4.69. The summed E-state index contributed by atoms with van der Waals surface area (Å²) in [4.78, 5) is 42.1. The van der Waals surface area contributed by atoms with Crippen molar-refractivity contribution in [1.82, 2.24) is 25.1 Å². The Bertz CT molecular complexity index is 1340. The van der Waals surface area contributed by atoms with Crippen LogP contribution >= 0.6 is 0 Å². The molecule has 0 radical (unpaired) electrons. The van der Waals surface area contributed by atoms with E-state index < -0.39 is 12.2 Å². The van der Waals surface area contributed by atoms with Gasteiger partial charge in [0, 0.05) is 12.6 Å². The number of hydrogen-bond acceptors (Lipinski definition) is 6. The lowest BCUT2D eigenvalue weighted by molar-refractivity contribution is -0.127. The van der Waals surface area contributed by atoms with E-state index in [0.717, 1.165) is 29.4 Å². The number of carbonyl (C=O) groups is 2. The number of rotatable bonds is 5. The molecule has 0 spiro atoms. The number of nitriles is 1. The first-order chi connectivity index (χ1) is 16.1. The smallest absolute Gasteiger partial charge is 0.326 e. The number of aromatic nitrogens is 2. The highest BCUT2D eigenvalue weighted by Gasteiger charge is 2.53. The van der Waals surface area contributed by atoms with Gasteiger partial charge in [-0.15, -0.1) is 0 Å². The predicted octanol–water partition coefficient (Wildman–Crippen LogP) is 2.30. The number of imidazole rings is 1. The second-order valence-electron chi connectivity index (χ2n) is 8.65. The third-order valence-corrected chi connectivity index (χ3v) is 6.37. The Labute approximate surface area is 189 Å². The number of imide groups is 1. The van der Waals surface area contributed by atoms with Crippen LogP contribution in [0.15, 0.2) is 53.5 Å². The third-order valence-electron chi connectivity index (χ3n) is 6.37. The monoisotopic (exact) mass is 439 g/mol. The summed E-state index contributed by atoms with van der Waals surface area (Å²) >= 11 is 0. The molecule has 2 unspecified atom stereocenters. The first-order valence-corrected chi connectivity index (χ1v) is 11.0. The molecule has 2 N–H and O–H groups in total. The van der Waals surface area contributed by atoms with Crippen LogP contribution in [0.2, 0.25) is 0 Å². The van der Waals surface area contributed by atoms with Crippen LogP contribution in [0.25, 0.3) is 11.0 Å². The predicted molar refractivity (Wildman–Crippen MR) is 120 cm³/mol. The highest BCUT2D eigenvalue weighted by molar-refractivity contribution is 6.04. The molecule has 2 atom stereocenters. The molecule has 164 valence electrons. The Hall–Kier alpha value is -4.19. The van der Waals surface area contributed by atoms with Crippen molar-refractivity contribution in [3.05, 3.63) is 65.5 Å². The highest BCUT2D eigenvalue weighted by Crippen LogP contribution is 2.36. The zero-order valence-corrected chi connectivity index (χ0v) is 17.7. The molecule has 0 bridgehead atoms. The molecular formula is C24H21N7O2. The molecule has 6 rings (SSSR count). The van der Waals surface area contributed by atoms with Crippen molar-refractivity contribution in [3.8, 4) is 6.07 Å². The van der Waals surface area contributed by atoms with Crippen molar-refractivity contribution < 1.29 is 9.59 Å². The van der Waals surface area contributed by atoms with E-state index in [1.165, 1.54) is 0 Å². The van der Waals surface area contributed by atoms with Crippen LogP contribution in [-0.2, 0) is 17.8 Å². The number of amides is 3. The molecule has 3 aromatic rings. The summed E-state index contributed by atoms with van der Waals surface area (Å²) in [6.07, 6.45) is 1.71. The molecule has 1 saturated heterocycles. The topological polar surface area (TPSA) is 117 Å². The van der Waals surface area contributed by atoms with Crippen LogP contribution in [0.3, 0.4) is 0 Å². The Morgan fingerprint density at radius 2 is 1.94 bits per heavy atom. The molecule has 9 heteroatoms. The van der Waals surface area contributed by atoms with E-state index in [4.69, 9.17) is 10.3 Å². The first-order valence-electron chi connectivity index (χ1n) is 11.0. The number of amidine groups is 1. The van der Waals surface area contributed by atoms with E-state index in [0.29, 0.717) is 30.2 Å². The molecule has 2 aromatic carbocycles. The average Bonchev–Trinajstić information content (AvgIpc) is 3.47. The van der Waals surface area contributed by atoms with Crippen molar-refractivity contribution in [2.45, 2.75) is 44.1 Å². The maximum absolute atomic E-state index is 13.0. The van der Waals surface area contributed by atoms with Gasteiger partial charge in [-0.3, -0.25) is 15.0 Å². The standard InChI is InChI=1S/C24H21N7O2/c25-12-15-6-9-17-18(10-15)27-19(26-17)11-20-28-22-21(30(20)13-14-4-2-1-3-5-14)23(32)29-24(33)31(22)16-7-8-16/h1-6,9-10,16,21-22H,7-8,11,13H2,(H,26,27)(H,29,32,33). The van der Waals surface area contributed by atoms with Crippen LogP contribution in [0.5, 0.6) is 0 Å². The molecule has 1 saturated carbocycles. The van der Waals surface area contributed by atoms with Gasteiger partial charge in [-0.2, -0.15) is 5.26 Å². The number of nitrogens with one attached hydrogen (secondary N) is 2. The van der Waals surface area contributed by atoms with Gasteiger partial charge in [-0.25, -0.2) is 14.8 Å². The molecule has 33 heavy (non-hydrogen) atoms. The minimum Gasteiger partial charge on any atom is -0.342 e. The molecule has 2 aliphatic heterocycles. The van der Waals surface area contributed by atoms with Gasteiger partial charge in [-0.1, -0.05) is 30.3 Å². The van der Waals surface area contributed by atoms with E-state index >= 15 is 0 Å². The van der Waals surface area contributed by atoms with E-state index in [9.17, 15) is 9.59 Å². The van der Waals surface area contributed by atoms with Gasteiger partial charge in [0.25, 0.3) is 5.91 Å². The molecule has 1 aliphatic carbocycles. The molecule has 3 amide bonds. The number of aliphatic imine (C=N–C) groups is 1. The van der Waals surface area contributed by atoms with E-state index in [-0.39, 0.29) is 18.0 Å². The van der Waals surface area contributed by atoms with E-state index in [2.05, 4.69) is 21.4 Å². The van der Waals surface area contributed by atoms with Crippen LogP contribution < -0.4 is 5.32 Å². The summed E-state index contributed by atoms with van der Waals surface area (Å²) in [6, 6.07) is 16.6. The number of fused-ring (bicyclic) bond motifs is 2. The van der Waals surface area contributed by atoms with E-state index in [1.807, 2.05) is 41.3 Å². The summed E-state index contributed by atoms with van der Waals surface area (Å²) in [6.45, 7) is 0.500. The molecule has 3 heterocycles. The Morgan fingerprint density at radius 1 is 1.12 bits per heavy atom. The van der Waals surface area contributed by atoms with Crippen molar-refractivity contribution in [2.24, 2.45) is 4.99 Å². The first kappa shape index (κ1) is 19.5.